The quantitative estimate of drug-likeness (QED) is 0.692. The van der Waals surface area contributed by atoms with Crippen LogP contribution in [-0.4, -0.2) is 25.3 Å². The largest absolute Gasteiger partial charge is 0.392 e. The maximum atomic E-state index is 8.96. The first kappa shape index (κ1) is 7.88. The van der Waals surface area contributed by atoms with E-state index >= 15 is 0 Å². The second kappa shape index (κ2) is 3.32. The van der Waals surface area contributed by atoms with Crippen LogP contribution in [0.25, 0.3) is 11.4 Å². The van der Waals surface area contributed by atoms with Gasteiger partial charge >= 0.3 is 0 Å². The van der Waals surface area contributed by atoms with Crippen molar-refractivity contribution in [2.75, 3.05) is 0 Å². The number of H-pyrrole nitrogens is 1. The molecule has 0 fully saturated rings. The molecule has 0 unspecified atom stereocenters. The van der Waals surface area contributed by atoms with Crippen LogP contribution in [0.2, 0.25) is 0 Å². The van der Waals surface area contributed by atoms with Gasteiger partial charge in [-0.05, 0) is 0 Å². The minimum absolute atomic E-state index is 0.0532. The molecule has 0 aromatic carbocycles. The molecule has 66 valence electrons. The molecule has 0 saturated heterocycles. The van der Waals surface area contributed by atoms with Gasteiger partial charge in [-0.2, -0.15) is 5.10 Å². The molecule has 0 amide bonds. The molecule has 0 radical (unpaired) electrons. The highest BCUT2D eigenvalue weighted by Gasteiger charge is 2.06. The number of aliphatic hydroxyl groups is 1. The maximum Gasteiger partial charge on any atom is 0.107 e. The molecule has 5 heteroatoms. The van der Waals surface area contributed by atoms with Crippen LogP contribution in [0.1, 0.15) is 5.56 Å². The van der Waals surface area contributed by atoms with E-state index in [0.29, 0.717) is 5.69 Å². The third-order valence-corrected chi connectivity index (χ3v) is 1.71. The molecular formula is C8H8N4O. The Morgan fingerprint density at radius 3 is 2.92 bits per heavy atom. The van der Waals surface area contributed by atoms with Crippen LogP contribution in [0, 0.1) is 0 Å². The van der Waals surface area contributed by atoms with Crippen LogP contribution < -0.4 is 0 Å². The highest BCUT2D eigenvalue weighted by atomic mass is 16.3. The fourth-order valence-electron chi connectivity index (χ4n) is 1.08. The van der Waals surface area contributed by atoms with Crippen molar-refractivity contribution in [2.24, 2.45) is 0 Å². The van der Waals surface area contributed by atoms with Crippen molar-refractivity contribution in [1.82, 2.24) is 20.2 Å². The topological polar surface area (TPSA) is 74.7 Å². The Balaban J connectivity index is 2.47. The zero-order valence-electron chi connectivity index (χ0n) is 6.81. The number of rotatable bonds is 2. The van der Waals surface area contributed by atoms with E-state index in [1.54, 1.807) is 24.8 Å². The van der Waals surface area contributed by atoms with Crippen molar-refractivity contribution in [3.05, 3.63) is 30.4 Å². The summed E-state index contributed by atoms with van der Waals surface area (Å²) in [5, 5.41) is 15.5. The summed E-state index contributed by atoms with van der Waals surface area (Å²) in [6.07, 6.45) is 6.38. The van der Waals surface area contributed by atoms with Crippen molar-refractivity contribution >= 4 is 0 Å². The van der Waals surface area contributed by atoms with E-state index in [-0.39, 0.29) is 6.61 Å². The molecule has 0 spiro atoms. The summed E-state index contributed by atoms with van der Waals surface area (Å²) in [7, 11) is 0. The van der Waals surface area contributed by atoms with Crippen LogP contribution in [0.4, 0.5) is 0 Å². The highest BCUT2D eigenvalue weighted by molar-refractivity contribution is 5.56. The summed E-state index contributed by atoms with van der Waals surface area (Å²) in [5.41, 5.74) is 2.13. The summed E-state index contributed by atoms with van der Waals surface area (Å²) in [6.45, 7) is -0.0532. The summed E-state index contributed by atoms with van der Waals surface area (Å²) in [6, 6.07) is 0. The zero-order valence-corrected chi connectivity index (χ0v) is 6.81. The number of hydrogen-bond donors (Lipinski definition) is 2. The lowest BCUT2D eigenvalue weighted by Crippen LogP contribution is -1.89. The summed E-state index contributed by atoms with van der Waals surface area (Å²) in [5.74, 6) is 0. The SMILES string of the molecule is OCc1cn[nH]c1-c1cnccn1. The average Bonchev–Trinajstić information content (AvgIpc) is 2.67. The van der Waals surface area contributed by atoms with Gasteiger partial charge in [0.2, 0.25) is 0 Å². The van der Waals surface area contributed by atoms with Gasteiger partial charge in [-0.25, -0.2) is 0 Å². The van der Waals surface area contributed by atoms with E-state index in [2.05, 4.69) is 20.2 Å². The Morgan fingerprint density at radius 1 is 1.31 bits per heavy atom. The molecule has 2 aromatic rings. The van der Waals surface area contributed by atoms with E-state index in [1.165, 1.54) is 0 Å². The van der Waals surface area contributed by atoms with Gasteiger partial charge in [-0.3, -0.25) is 15.1 Å². The van der Waals surface area contributed by atoms with Crippen LogP contribution >= 0.6 is 0 Å². The van der Waals surface area contributed by atoms with Gasteiger partial charge in [0.15, 0.2) is 0 Å². The van der Waals surface area contributed by atoms with E-state index in [9.17, 15) is 0 Å². The van der Waals surface area contributed by atoms with Gasteiger partial charge in [-0.15, -0.1) is 0 Å². The predicted octanol–water partition coefficient (Wildman–Crippen LogP) is 0.359. The Labute approximate surface area is 74.5 Å². The smallest absolute Gasteiger partial charge is 0.107 e. The molecule has 0 atom stereocenters. The van der Waals surface area contributed by atoms with Crippen LogP contribution in [0.15, 0.2) is 24.8 Å². The van der Waals surface area contributed by atoms with Crippen LogP contribution in [-0.2, 0) is 6.61 Å². The van der Waals surface area contributed by atoms with Crippen molar-refractivity contribution in [2.45, 2.75) is 6.61 Å². The second-order valence-electron chi connectivity index (χ2n) is 2.52. The van der Waals surface area contributed by atoms with Gasteiger partial charge < -0.3 is 5.11 Å². The number of hydrogen-bond acceptors (Lipinski definition) is 4. The first-order valence-corrected chi connectivity index (χ1v) is 3.81. The fraction of sp³-hybridized carbons (Fsp3) is 0.125. The maximum absolute atomic E-state index is 8.96. The Hall–Kier alpha value is -1.75. The molecule has 5 nitrogen and oxygen atoms in total. The number of aliphatic hydroxyl groups excluding tert-OH is 1. The number of nitrogens with one attached hydrogen (secondary N) is 1. The predicted molar refractivity (Wildman–Crippen MR) is 45.5 cm³/mol. The lowest BCUT2D eigenvalue weighted by molar-refractivity contribution is 0.282. The van der Waals surface area contributed by atoms with Crippen molar-refractivity contribution in [3.63, 3.8) is 0 Å². The standard InChI is InChI=1S/C8H8N4O/c13-5-6-3-11-12-8(6)7-4-9-1-2-10-7/h1-4,13H,5H2,(H,11,12). The zero-order chi connectivity index (χ0) is 9.10. The normalized spacial score (nSPS) is 10.2. The fourth-order valence-corrected chi connectivity index (χ4v) is 1.08. The van der Waals surface area contributed by atoms with E-state index in [4.69, 9.17) is 5.11 Å². The minimum atomic E-state index is -0.0532. The van der Waals surface area contributed by atoms with Gasteiger partial charge in [-0.1, -0.05) is 0 Å². The van der Waals surface area contributed by atoms with Crippen LogP contribution in [0.3, 0.4) is 0 Å². The van der Waals surface area contributed by atoms with Gasteiger partial charge in [0, 0.05) is 18.0 Å². The highest BCUT2D eigenvalue weighted by Crippen LogP contribution is 2.16. The summed E-state index contributed by atoms with van der Waals surface area (Å²) < 4.78 is 0. The molecule has 2 N–H and O–H groups in total. The molecule has 2 aromatic heterocycles. The average molecular weight is 176 g/mol. The Kier molecular flexibility index (Phi) is 2.01. The monoisotopic (exact) mass is 176 g/mol. The lowest BCUT2D eigenvalue weighted by atomic mass is 10.2. The van der Waals surface area contributed by atoms with Crippen molar-refractivity contribution in [3.8, 4) is 11.4 Å². The number of nitrogens with zero attached hydrogens (tertiary/aromatic N) is 3. The van der Waals surface area contributed by atoms with E-state index in [0.717, 1.165) is 11.3 Å². The summed E-state index contributed by atoms with van der Waals surface area (Å²) in [4.78, 5) is 8.01. The third kappa shape index (κ3) is 1.41. The Bertz CT molecular complexity index is 384. The van der Waals surface area contributed by atoms with Crippen LogP contribution in [0.5, 0.6) is 0 Å². The van der Waals surface area contributed by atoms with E-state index < -0.39 is 0 Å². The molecule has 0 aliphatic carbocycles. The molecule has 13 heavy (non-hydrogen) atoms. The summed E-state index contributed by atoms with van der Waals surface area (Å²) >= 11 is 0. The number of aromatic nitrogens is 4. The molecular weight excluding hydrogens is 168 g/mol. The first-order valence-electron chi connectivity index (χ1n) is 3.81. The van der Waals surface area contributed by atoms with Crippen molar-refractivity contribution < 1.29 is 5.11 Å². The molecule has 0 aliphatic rings. The molecule has 2 rings (SSSR count). The molecule has 0 saturated carbocycles. The third-order valence-electron chi connectivity index (χ3n) is 1.71. The first-order chi connectivity index (χ1) is 6.42. The minimum Gasteiger partial charge on any atom is -0.392 e. The van der Waals surface area contributed by atoms with Gasteiger partial charge in [0.25, 0.3) is 0 Å². The molecule has 0 bridgehead atoms. The van der Waals surface area contributed by atoms with Crippen molar-refractivity contribution in [1.29, 1.82) is 0 Å². The second-order valence-corrected chi connectivity index (χ2v) is 2.52. The van der Waals surface area contributed by atoms with Gasteiger partial charge in [0.1, 0.15) is 5.69 Å². The molecule has 2 heterocycles. The lowest BCUT2D eigenvalue weighted by Gasteiger charge is -1.97. The van der Waals surface area contributed by atoms with E-state index in [1.807, 2.05) is 0 Å². The molecule has 0 aliphatic heterocycles. The van der Waals surface area contributed by atoms with Gasteiger partial charge in [0.05, 0.1) is 24.7 Å². The Morgan fingerprint density at radius 2 is 2.23 bits per heavy atom. The number of aromatic amines is 1.